The van der Waals surface area contributed by atoms with Crippen LogP contribution in [0.15, 0.2) is 54.6 Å². The first kappa shape index (κ1) is 23.1. The number of carbonyl (C=O) groups excluding carboxylic acids is 2. The third kappa shape index (κ3) is 4.53. The van der Waals surface area contributed by atoms with Gasteiger partial charge in [-0.15, -0.1) is 0 Å². The summed E-state index contributed by atoms with van der Waals surface area (Å²) in [6, 6.07) is 17.9. The molecule has 6 nitrogen and oxygen atoms in total. The van der Waals surface area contributed by atoms with Crippen molar-refractivity contribution in [3.63, 3.8) is 0 Å². The molecule has 0 fully saturated rings. The molecule has 3 aromatic rings. The highest BCUT2D eigenvalue weighted by Crippen LogP contribution is 2.33. The van der Waals surface area contributed by atoms with Gasteiger partial charge in [0.25, 0.3) is 5.91 Å². The van der Waals surface area contributed by atoms with Gasteiger partial charge in [-0.3, -0.25) is 9.59 Å². The highest BCUT2D eigenvalue weighted by Gasteiger charge is 2.47. The Morgan fingerprint density at radius 2 is 1.88 bits per heavy atom. The van der Waals surface area contributed by atoms with E-state index < -0.39 is 5.54 Å². The predicted molar refractivity (Wildman–Crippen MR) is 130 cm³/mol. The van der Waals surface area contributed by atoms with E-state index in [1.165, 1.54) is 0 Å². The quantitative estimate of drug-likeness (QED) is 0.524. The Labute approximate surface area is 195 Å². The molecule has 0 spiro atoms. The zero-order valence-corrected chi connectivity index (χ0v) is 19.9. The molecule has 33 heavy (non-hydrogen) atoms. The first-order valence-corrected chi connectivity index (χ1v) is 11.7. The molecule has 0 saturated carbocycles. The van der Waals surface area contributed by atoms with Gasteiger partial charge < -0.3 is 19.5 Å². The van der Waals surface area contributed by atoms with Crippen LogP contribution in [-0.4, -0.2) is 46.1 Å². The Hall–Kier alpha value is -3.12. The molecule has 2 aromatic carbocycles. The van der Waals surface area contributed by atoms with Crippen molar-refractivity contribution in [2.45, 2.75) is 58.8 Å². The predicted octanol–water partition coefficient (Wildman–Crippen LogP) is 4.30. The van der Waals surface area contributed by atoms with E-state index in [2.05, 4.69) is 5.32 Å². The van der Waals surface area contributed by atoms with Crippen molar-refractivity contribution < 1.29 is 14.3 Å². The molecule has 4 rings (SSSR count). The van der Waals surface area contributed by atoms with Crippen LogP contribution < -0.4 is 5.32 Å². The van der Waals surface area contributed by atoms with E-state index >= 15 is 0 Å². The molecule has 0 radical (unpaired) electrons. The summed E-state index contributed by atoms with van der Waals surface area (Å²) in [5, 5.41) is 4.07. The number of nitrogens with zero attached hydrogens (tertiary/aromatic N) is 2. The zero-order chi connectivity index (χ0) is 23.6. The van der Waals surface area contributed by atoms with E-state index in [1.54, 1.807) is 4.90 Å². The number of rotatable bonds is 8. The number of aromatic nitrogens is 1. The number of hydrogen-bond donors (Lipinski definition) is 1. The second kappa shape index (κ2) is 9.40. The number of carbonyl (C=O) groups is 2. The van der Waals surface area contributed by atoms with Crippen molar-refractivity contribution in [3.8, 4) is 0 Å². The molecule has 1 aromatic heterocycles. The summed E-state index contributed by atoms with van der Waals surface area (Å²) in [4.78, 5) is 29.1. The van der Waals surface area contributed by atoms with E-state index in [9.17, 15) is 9.59 Å². The largest absolute Gasteiger partial charge is 0.379 e. The van der Waals surface area contributed by atoms with Crippen LogP contribution in [0.1, 0.15) is 48.8 Å². The molecule has 1 aliphatic rings. The molecule has 174 valence electrons. The van der Waals surface area contributed by atoms with E-state index in [4.69, 9.17) is 4.74 Å². The SMILES string of the molecule is Cc1ccccc1CN1C(=O)c2cc3ccccc3n2C[C@]1(C)C(=O)NCCCOC(C)C. The molecular formula is C27H33N3O3. The molecular weight excluding hydrogens is 414 g/mol. The van der Waals surface area contributed by atoms with Crippen LogP contribution >= 0.6 is 0 Å². The summed E-state index contributed by atoms with van der Waals surface area (Å²) < 4.78 is 7.58. The third-order valence-corrected chi connectivity index (χ3v) is 6.47. The molecule has 0 unspecified atom stereocenters. The van der Waals surface area contributed by atoms with E-state index in [0.717, 1.165) is 28.5 Å². The van der Waals surface area contributed by atoms with Crippen LogP contribution in [0.4, 0.5) is 0 Å². The van der Waals surface area contributed by atoms with E-state index in [1.807, 2.05) is 86.9 Å². The minimum Gasteiger partial charge on any atom is -0.379 e. The van der Waals surface area contributed by atoms with Gasteiger partial charge in [0.2, 0.25) is 5.91 Å². The van der Waals surface area contributed by atoms with Crippen LogP contribution in [0, 0.1) is 6.92 Å². The number of aryl methyl sites for hydroxylation is 1. The van der Waals surface area contributed by atoms with E-state index in [0.29, 0.717) is 31.9 Å². The van der Waals surface area contributed by atoms with Crippen molar-refractivity contribution >= 4 is 22.7 Å². The average molecular weight is 448 g/mol. The molecule has 2 amide bonds. The Morgan fingerprint density at radius 1 is 1.15 bits per heavy atom. The molecule has 0 aliphatic carbocycles. The van der Waals surface area contributed by atoms with Gasteiger partial charge >= 0.3 is 0 Å². The maximum atomic E-state index is 13.8. The second-order valence-electron chi connectivity index (χ2n) is 9.30. The summed E-state index contributed by atoms with van der Waals surface area (Å²) in [5.41, 5.74) is 2.72. The van der Waals surface area contributed by atoms with Gasteiger partial charge in [0.05, 0.1) is 12.6 Å². The summed E-state index contributed by atoms with van der Waals surface area (Å²) in [6.45, 7) is 9.79. The summed E-state index contributed by atoms with van der Waals surface area (Å²) in [6.07, 6.45) is 0.892. The Bertz CT molecular complexity index is 1170. The first-order valence-electron chi connectivity index (χ1n) is 11.7. The lowest BCUT2D eigenvalue weighted by Gasteiger charge is -2.44. The number of benzene rings is 2. The molecule has 6 heteroatoms. The Kier molecular flexibility index (Phi) is 6.56. The van der Waals surface area contributed by atoms with Crippen LogP contribution in [-0.2, 0) is 22.6 Å². The maximum Gasteiger partial charge on any atom is 0.271 e. The van der Waals surface area contributed by atoms with Crippen molar-refractivity contribution in [2.24, 2.45) is 0 Å². The number of fused-ring (bicyclic) bond motifs is 3. The van der Waals surface area contributed by atoms with Crippen LogP contribution in [0.3, 0.4) is 0 Å². The Morgan fingerprint density at radius 3 is 2.64 bits per heavy atom. The van der Waals surface area contributed by atoms with Gasteiger partial charge in [-0.25, -0.2) is 0 Å². The minimum absolute atomic E-state index is 0.124. The van der Waals surface area contributed by atoms with Crippen LogP contribution in [0.5, 0.6) is 0 Å². The van der Waals surface area contributed by atoms with Crippen molar-refractivity contribution in [3.05, 3.63) is 71.4 Å². The van der Waals surface area contributed by atoms with Gasteiger partial charge in [0.1, 0.15) is 11.2 Å². The Balaban J connectivity index is 1.66. The van der Waals surface area contributed by atoms with E-state index in [-0.39, 0.29) is 17.9 Å². The maximum absolute atomic E-state index is 13.8. The molecule has 1 N–H and O–H groups in total. The van der Waals surface area contributed by atoms with Crippen LogP contribution in [0.25, 0.3) is 10.9 Å². The fourth-order valence-electron chi connectivity index (χ4n) is 4.50. The standard InChI is InChI=1S/C27H33N3O3/c1-19(2)33-15-9-14-28-26(32)27(4)18-29-23-13-8-7-11-21(23)16-24(29)25(31)30(27)17-22-12-6-5-10-20(22)3/h5-8,10-13,16,19H,9,14-15,17-18H2,1-4H3,(H,28,32)/t27-/m1/s1. The summed E-state index contributed by atoms with van der Waals surface area (Å²) in [5.74, 6) is -0.265. The molecule has 1 aliphatic heterocycles. The normalized spacial score (nSPS) is 18.1. The number of para-hydroxylation sites is 1. The first-order chi connectivity index (χ1) is 15.8. The highest BCUT2D eigenvalue weighted by molar-refractivity contribution is 6.03. The van der Waals surface area contributed by atoms with Gasteiger partial charge in [-0.2, -0.15) is 0 Å². The second-order valence-corrected chi connectivity index (χ2v) is 9.30. The molecule has 2 heterocycles. The number of ether oxygens (including phenoxy) is 1. The van der Waals surface area contributed by atoms with Gasteiger partial charge in [-0.05, 0) is 57.4 Å². The molecule has 0 bridgehead atoms. The third-order valence-electron chi connectivity index (χ3n) is 6.47. The molecule has 1 atom stereocenters. The lowest BCUT2D eigenvalue weighted by molar-refractivity contribution is -0.133. The van der Waals surface area contributed by atoms with Gasteiger partial charge in [-0.1, -0.05) is 42.5 Å². The fourth-order valence-corrected chi connectivity index (χ4v) is 4.50. The topological polar surface area (TPSA) is 63.6 Å². The van der Waals surface area contributed by atoms with Gasteiger partial charge in [0.15, 0.2) is 0 Å². The monoisotopic (exact) mass is 447 g/mol. The number of amides is 2. The van der Waals surface area contributed by atoms with Crippen molar-refractivity contribution in [1.82, 2.24) is 14.8 Å². The highest BCUT2D eigenvalue weighted by atomic mass is 16.5. The smallest absolute Gasteiger partial charge is 0.271 e. The summed E-state index contributed by atoms with van der Waals surface area (Å²) >= 11 is 0. The van der Waals surface area contributed by atoms with Gasteiger partial charge in [0, 0.05) is 30.6 Å². The molecule has 0 saturated heterocycles. The van der Waals surface area contributed by atoms with Crippen LogP contribution in [0.2, 0.25) is 0 Å². The summed E-state index contributed by atoms with van der Waals surface area (Å²) in [7, 11) is 0. The van der Waals surface area contributed by atoms with Crippen molar-refractivity contribution in [1.29, 1.82) is 0 Å². The van der Waals surface area contributed by atoms with Crippen molar-refractivity contribution in [2.75, 3.05) is 13.2 Å². The minimum atomic E-state index is -1.02. The lowest BCUT2D eigenvalue weighted by Crippen LogP contribution is -2.63. The zero-order valence-electron chi connectivity index (χ0n) is 19.9. The number of hydrogen-bond acceptors (Lipinski definition) is 3. The average Bonchev–Trinajstić information content (AvgIpc) is 3.15. The fraction of sp³-hybridized carbons (Fsp3) is 0.407. The lowest BCUT2D eigenvalue weighted by atomic mass is 9.93. The number of nitrogens with one attached hydrogen (secondary N) is 1.